The van der Waals surface area contributed by atoms with E-state index in [0.717, 1.165) is 47.8 Å². The Morgan fingerprint density at radius 1 is 1.22 bits per heavy atom. The fourth-order valence-electron chi connectivity index (χ4n) is 3.46. The minimum Gasteiger partial charge on any atom is -0.497 e. The van der Waals surface area contributed by atoms with E-state index in [1.54, 1.807) is 11.6 Å². The molecule has 0 spiro atoms. The van der Waals surface area contributed by atoms with Crippen molar-refractivity contribution in [3.05, 3.63) is 41.9 Å². The van der Waals surface area contributed by atoms with E-state index in [4.69, 9.17) is 9.47 Å². The Bertz CT molecular complexity index is 918. The summed E-state index contributed by atoms with van der Waals surface area (Å²) in [4.78, 5) is 8.70. The van der Waals surface area contributed by atoms with Crippen molar-refractivity contribution in [3.63, 3.8) is 0 Å². The summed E-state index contributed by atoms with van der Waals surface area (Å²) in [7, 11) is 1.68. The first-order chi connectivity index (χ1) is 13.3. The first-order valence-electron chi connectivity index (χ1n) is 9.54. The van der Waals surface area contributed by atoms with Gasteiger partial charge in [-0.05, 0) is 44.2 Å². The van der Waals surface area contributed by atoms with Crippen LogP contribution in [0.3, 0.4) is 0 Å². The summed E-state index contributed by atoms with van der Waals surface area (Å²) in [6, 6.07) is 8.01. The van der Waals surface area contributed by atoms with Gasteiger partial charge in [0, 0.05) is 29.9 Å². The number of anilines is 1. The van der Waals surface area contributed by atoms with E-state index >= 15 is 0 Å². The Morgan fingerprint density at radius 2 is 2.07 bits per heavy atom. The molecule has 2 aromatic heterocycles. The lowest BCUT2D eigenvalue weighted by atomic mass is 10.1. The van der Waals surface area contributed by atoms with Gasteiger partial charge in [0.1, 0.15) is 23.6 Å². The van der Waals surface area contributed by atoms with Crippen LogP contribution in [0.15, 0.2) is 30.6 Å². The SMILES string of the molecule is CCc1cc(NCc2ccc(OC)cc2OC2CCCC2)n2ncnc2n1. The normalized spacial score (nSPS) is 14.6. The van der Waals surface area contributed by atoms with Crippen LogP contribution in [0.1, 0.15) is 43.9 Å². The number of benzene rings is 1. The largest absolute Gasteiger partial charge is 0.497 e. The predicted octanol–water partition coefficient (Wildman–Crippen LogP) is 3.63. The van der Waals surface area contributed by atoms with Gasteiger partial charge in [-0.1, -0.05) is 6.92 Å². The lowest BCUT2D eigenvalue weighted by molar-refractivity contribution is 0.207. The van der Waals surface area contributed by atoms with Crippen LogP contribution in [0.4, 0.5) is 5.82 Å². The highest BCUT2D eigenvalue weighted by molar-refractivity contribution is 5.48. The van der Waals surface area contributed by atoms with Crippen LogP contribution in [-0.2, 0) is 13.0 Å². The molecule has 1 aliphatic rings. The van der Waals surface area contributed by atoms with Crippen LogP contribution in [0.2, 0.25) is 0 Å². The fraction of sp³-hybridized carbons (Fsp3) is 0.450. The van der Waals surface area contributed by atoms with Gasteiger partial charge in [0.15, 0.2) is 0 Å². The van der Waals surface area contributed by atoms with Crippen LogP contribution >= 0.6 is 0 Å². The number of hydrogen-bond donors (Lipinski definition) is 1. The third-order valence-corrected chi connectivity index (χ3v) is 5.00. The van der Waals surface area contributed by atoms with Gasteiger partial charge in [-0.25, -0.2) is 4.98 Å². The molecule has 7 heteroatoms. The standard InChI is InChI=1S/C20H25N5O2/c1-3-15-10-19(25-20(24-15)22-13-23-25)21-12-14-8-9-17(26-2)11-18(14)27-16-6-4-5-7-16/h8-11,13,16,21H,3-7,12H2,1-2H3. The summed E-state index contributed by atoms with van der Waals surface area (Å²) in [6.45, 7) is 2.70. The van der Waals surface area contributed by atoms with Crippen molar-refractivity contribution in [3.8, 4) is 11.5 Å². The molecule has 0 unspecified atom stereocenters. The zero-order valence-corrected chi connectivity index (χ0v) is 15.8. The minimum absolute atomic E-state index is 0.297. The highest BCUT2D eigenvalue weighted by atomic mass is 16.5. The van der Waals surface area contributed by atoms with Crippen molar-refractivity contribution in [2.75, 3.05) is 12.4 Å². The third-order valence-electron chi connectivity index (χ3n) is 5.00. The molecule has 0 amide bonds. The summed E-state index contributed by atoms with van der Waals surface area (Å²) >= 11 is 0. The molecule has 1 aromatic carbocycles. The number of rotatable bonds is 7. The Hall–Kier alpha value is -2.83. The summed E-state index contributed by atoms with van der Waals surface area (Å²) in [6.07, 6.45) is 7.38. The lowest BCUT2D eigenvalue weighted by Gasteiger charge is -2.18. The second-order valence-electron chi connectivity index (χ2n) is 6.81. The number of methoxy groups -OCH3 is 1. The summed E-state index contributed by atoms with van der Waals surface area (Å²) in [5.74, 6) is 3.17. The Kier molecular flexibility index (Phi) is 5.09. The Morgan fingerprint density at radius 3 is 2.85 bits per heavy atom. The van der Waals surface area contributed by atoms with Crippen LogP contribution in [-0.4, -0.2) is 32.8 Å². The van der Waals surface area contributed by atoms with Crippen LogP contribution in [0, 0.1) is 0 Å². The van der Waals surface area contributed by atoms with E-state index in [0.29, 0.717) is 18.4 Å². The molecule has 0 saturated heterocycles. The molecule has 7 nitrogen and oxygen atoms in total. The molecule has 2 heterocycles. The van der Waals surface area contributed by atoms with E-state index in [2.05, 4.69) is 33.4 Å². The maximum absolute atomic E-state index is 6.29. The zero-order valence-electron chi connectivity index (χ0n) is 15.8. The zero-order chi connectivity index (χ0) is 18.6. The van der Waals surface area contributed by atoms with Crippen molar-refractivity contribution < 1.29 is 9.47 Å². The molecule has 0 atom stereocenters. The van der Waals surface area contributed by atoms with Gasteiger partial charge in [-0.3, -0.25) is 0 Å². The molecule has 0 bridgehead atoms. The molecular formula is C20H25N5O2. The van der Waals surface area contributed by atoms with Crippen molar-refractivity contribution in [2.45, 2.75) is 51.7 Å². The number of ether oxygens (including phenoxy) is 2. The van der Waals surface area contributed by atoms with Crippen LogP contribution in [0.25, 0.3) is 5.78 Å². The van der Waals surface area contributed by atoms with Crippen LogP contribution in [0.5, 0.6) is 11.5 Å². The lowest BCUT2D eigenvalue weighted by Crippen LogP contribution is -2.14. The number of aromatic nitrogens is 4. The van der Waals surface area contributed by atoms with Crippen LogP contribution < -0.4 is 14.8 Å². The molecule has 1 aliphatic carbocycles. The van der Waals surface area contributed by atoms with Gasteiger partial charge >= 0.3 is 0 Å². The van der Waals surface area contributed by atoms with Crippen molar-refractivity contribution in [2.24, 2.45) is 0 Å². The third kappa shape index (κ3) is 3.82. The van der Waals surface area contributed by atoms with Gasteiger partial charge in [0.05, 0.1) is 13.2 Å². The quantitative estimate of drug-likeness (QED) is 0.687. The molecule has 0 aliphatic heterocycles. The van der Waals surface area contributed by atoms with E-state index < -0.39 is 0 Å². The Labute approximate surface area is 158 Å². The van der Waals surface area contributed by atoms with E-state index in [1.807, 2.05) is 18.2 Å². The second-order valence-corrected chi connectivity index (χ2v) is 6.81. The number of nitrogens with zero attached hydrogens (tertiary/aromatic N) is 4. The van der Waals surface area contributed by atoms with Gasteiger partial charge in [0.25, 0.3) is 5.78 Å². The highest BCUT2D eigenvalue weighted by Crippen LogP contribution is 2.30. The molecule has 4 rings (SSSR count). The molecule has 27 heavy (non-hydrogen) atoms. The number of nitrogens with one attached hydrogen (secondary N) is 1. The van der Waals surface area contributed by atoms with Gasteiger partial charge in [-0.15, -0.1) is 0 Å². The van der Waals surface area contributed by atoms with E-state index in [1.165, 1.54) is 19.2 Å². The number of hydrogen-bond acceptors (Lipinski definition) is 6. The second kappa shape index (κ2) is 7.82. The number of aryl methyl sites for hydroxylation is 1. The molecule has 3 aromatic rings. The molecule has 1 N–H and O–H groups in total. The first kappa shape index (κ1) is 17.6. The van der Waals surface area contributed by atoms with Gasteiger partial charge in [0.2, 0.25) is 0 Å². The van der Waals surface area contributed by atoms with E-state index in [9.17, 15) is 0 Å². The average molecular weight is 367 g/mol. The average Bonchev–Trinajstić information content (AvgIpc) is 3.38. The topological polar surface area (TPSA) is 73.6 Å². The maximum Gasteiger partial charge on any atom is 0.254 e. The first-order valence-corrected chi connectivity index (χ1v) is 9.54. The van der Waals surface area contributed by atoms with Gasteiger partial charge in [-0.2, -0.15) is 14.6 Å². The summed E-state index contributed by atoms with van der Waals surface area (Å²) in [5.41, 5.74) is 2.07. The fourth-order valence-corrected chi connectivity index (χ4v) is 3.46. The van der Waals surface area contributed by atoms with E-state index in [-0.39, 0.29) is 0 Å². The predicted molar refractivity (Wildman–Crippen MR) is 103 cm³/mol. The number of fused-ring (bicyclic) bond motifs is 1. The smallest absolute Gasteiger partial charge is 0.254 e. The van der Waals surface area contributed by atoms with Crippen molar-refractivity contribution >= 4 is 11.6 Å². The summed E-state index contributed by atoms with van der Waals surface area (Å²) in [5, 5.41) is 7.74. The van der Waals surface area contributed by atoms with Gasteiger partial charge < -0.3 is 14.8 Å². The molecule has 142 valence electrons. The molecule has 0 radical (unpaired) electrons. The molecule has 1 saturated carbocycles. The summed E-state index contributed by atoms with van der Waals surface area (Å²) < 4.78 is 13.4. The highest BCUT2D eigenvalue weighted by Gasteiger charge is 2.18. The monoisotopic (exact) mass is 367 g/mol. The molecular weight excluding hydrogens is 342 g/mol. The molecule has 1 fully saturated rings. The van der Waals surface area contributed by atoms with Crippen molar-refractivity contribution in [1.29, 1.82) is 0 Å². The minimum atomic E-state index is 0.297. The maximum atomic E-state index is 6.29. The Balaban J connectivity index is 1.58. The van der Waals surface area contributed by atoms with Crippen molar-refractivity contribution in [1.82, 2.24) is 19.6 Å².